The largest absolute Gasteiger partial charge is 0.283 e. The summed E-state index contributed by atoms with van der Waals surface area (Å²) in [5, 5.41) is 7.16. The van der Waals surface area contributed by atoms with Gasteiger partial charge in [-0.05, 0) is 59.0 Å². The van der Waals surface area contributed by atoms with Gasteiger partial charge in [0.15, 0.2) is 0 Å². The van der Waals surface area contributed by atoms with Crippen LogP contribution in [0.25, 0.3) is 91.9 Å². The predicted octanol–water partition coefficient (Wildman–Crippen LogP) is 10.4. The Morgan fingerprint density at radius 2 is 1.34 bits per heavy atom. The van der Waals surface area contributed by atoms with Crippen LogP contribution in [0.4, 0.5) is 0 Å². The first-order chi connectivity index (χ1) is 21.8. The average molecular weight is 579 g/mol. The van der Waals surface area contributed by atoms with E-state index in [0.29, 0.717) is 0 Å². The molecule has 0 bridgehead atoms. The summed E-state index contributed by atoms with van der Waals surface area (Å²) >= 11 is 1.84. The molecule has 0 fully saturated rings. The van der Waals surface area contributed by atoms with Crippen LogP contribution in [0.1, 0.15) is 0 Å². The molecule has 0 aliphatic carbocycles. The Morgan fingerprint density at radius 1 is 0.545 bits per heavy atom. The predicted molar refractivity (Wildman–Crippen MR) is 185 cm³/mol. The highest BCUT2D eigenvalue weighted by atomic mass is 32.1. The summed E-state index contributed by atoms with van der Waals surface area (Å²) in [5.74, 6) is 0. The van der Waals surface area contributed by atoms with Crippen molar-refractivity contribution in [1.82, 2.24) is 19.4 Å². The summed E-state index contributed by atoms with van der Waals surface area (Å²) in [6, 6.07) is 45.2. The van der Waals surface area contributed by atoms with E-state index in [9.17, 15) is 0 Å². The summed E-state index contributed by atoms with van der Waals surface area (Å²) in [7, 11) is 0. The fourth-order valence-electron chi connectivity index (χ4n) is 6.73. The molecule has 10 aromatic rings. The molecule has 0 atom stereocenters. The smallest absolute Gasteiger partial charge is 0.147 e. The number of rotatable bonds is 2. The van der Waals surface area contributed by atoms with Crippen LogP contribution < -0.4 is 0 Å². The molecule has 0 unspecified atom stereocenters. The van der Waals surface area contributed by atoms with Crippen LogP contribution in [0.2, 0.25) is 0 Å². The van der Waals surface area contributed by atoms with E-state index < -0.39 is 0 Å². The van der Waals surface area contributed by atoms with Crippen molar-refractivity contribution < 1.29 is 0 Å². The van der Waals surface area contributed by atoms with Gasteiger partial charge in [-0.15, -0.1) is 11.3 Å². The van der Waals surface area contributed by atoms with E-state index in [0.717, 1.165) is 49.7 Å². The topological polar surface area (TPSA) is 43.1 Å². The molecule has 0 saturated heterocycles. The molecule has 44 heavy (non-hydrogen) atoms. The minimum Gasteiger partial charge on any atom is -0.283 e. The molecule has 0 saturated carbocycles. The molecule has 5 heterocycles. The first-order valence-electron chi connectivity index (χ1n) is 14.7. The Labute approximate surface area is 255 Å². The summed E-state index contributed by atoms with van der Waals surface area (Å²) in [5.41, 5.74) is 9.43. The third-order valence-electron chi connectivity index (χ3n) is 8.79. The molecule has 5 aromatic carbocycles. The zero-order valence-electron chi connectivity index (χ0n) is 23.4. The van der Waals surface area contributed by atoms with E-state index in [1.54, 1.807) is 0 Å². The van der Waals surface area contributed by atoms with Crippen LogP contribution >= 0.6 is 11.3 Å². The highest BCUT2D eigenvalue weighted by Crippen LogP contribution is 2.43. The summed E-state index contributed by atoms with van der Waals surface area (Å²) in [4.78, 5) is 16.0. The van der Waals surface area contributed by atoms with Gasteiger partial charge in [-0.1, -0.05) is 84.9 Å². The van der Waals surface area contributed by atoms with E-state index in [4.69, 9.17) is 9.97 Å². The van der Waals surface area contributed by atoms with Crippen molar-refractivity contribution in [2.75, 3.05) is 0 Å². The van der Waals surface area contributed by atoms with Gasteiger partial charge in [0.2, 0.25) is 0 Å². The molecule has 0 N–H and O–H groups in total. The lowest BCUT2D eigenvalue weighted by atomic mass is 9.98. The molecule has 0 aliphatic heterocycles. The average Bonchev–Trinajstić information content (AvgIpc) is 3.67. The van der Waals surface area contributed by atoms with E-state index in [1.165, 1.54) is 42.2 Å². The van der Waals surface area contributed by atoms with Crippen LogP contribution in [0.3, 0.4) is 0 Å². The zero-order valence-corrected chi connectivity index (χ0v) is 24.2. The molecular weight excluding hydrogens is 557 g/mol. The molecule has 5 heteroatoms. The summed E-state index contributed by atoms with van der Waals surface area (Å²) in [6.45, 7) is 0. The van der Waals surface area contributed by atoms with E-state index >= 15 is 0 Å². The van der Waals surface area contributed by atoms with Crippen LogP contribution in [0.15, 0.2) is 134 Å². The minimum absolute atomic E-state index is 0.933. The lowest BCUT2D eigenvalue weighted by molar-refractivity contribution is 1.34. The number of para-hydroxylation sites is 2. The zero-order chi connectivity index (χ0) is 28.8. The van der Waals surface area contributed by atoms with E-state index in [2.05, 4.69) is 131 Å². The van der Waals surface area contributed by atoms with E-state index in [-0.39, 0.29) is 0 Å². The highest BCUT2D eigenvalue weighted by molar-refractivity contribution is 7.25. The lowest BCUT2D eigenvalue weighted by Gasteiger charge is -2.09. The Morgan fingerprint density at radius 3 is 2.30 bits per heavy atom. The monoisotopic (exact) mass is 578 g/mol. The molecule has 4 nitrogen and oxygen atoms in total. The summed E-state index contributed by atoms with van der Waals surface area (Å²) in [6.07, 6.45) is 1.84. The molecule has 0 amide bonds. The normalized spacial score (nSPS) is 12.1. The maximum atomic E-state index is 5.10. The standard InChI is InChI=1S/C39H22N4S/c1-2-11-29-28(10-1)35-30-22-26(17-19-34(30)44-39(35)43-33-13-4-3-12-32(33)42-38(29)43)25-7-5-8-27(21-25)31-18-16-24-15-14-23-9-6-20-40-36(23)37(24)41-31/h1-22H. The van der Waals surface area contributed by atoms with Crippen LogP contribution in [-0.2, 0) is 0 Å². The SMILES string of the molecule is c1cc(-c2ccc3sc4c(c3c2)c2ccccc2c2nc3ccccc3n24)cc(-c2ccc3ccc4cccnc4c3n2)c1. The third-order valence-corrected chi connectivity index (χ3v) is 9.95. The van der Waals surface area contributed by atoms with Gasteiger partial charge >= 0.3 is 0 Å². The van der Waals surface area contributed by atoms with Gasteiger partial charge in [0.05, 0.1) is 27.8 Å². The number of fused-ring (bicyclic) bond motifs is 13. The Hall–Kier alpha value is -5.65. The number of nitrogens with zero attached hydrogens (tertiary/aromatic N) is 4. The molecular formula is C39H22N4S. The number of benzene rings is 5. The summed E-state index contributed by atoms with van der Waals surface area (Å²) < 4.78 is 3.62. The molecule has 0 spiro atoms. The molecule has 5 aromatic heterocycles. The second-order valence-corrected chi connectivity index (χ2v) is 12.3. The first-order valence-corrected chi connectivity index (χ1v) is 15.5. The first kappa shape index (κ1) is 23.9. The van der Waals surface area contributed by atoms with Crippen molar-refractivity contribution in [3.63, 3.8) is 0 Å². The number of thiophene rings is 1. The van der Waals surface area contributed by atoms with Crippen molar-refractivity contribution in [3.05, 3.63) is 134 Å². The Balaban J connectivity index is 1.19. The molecule has 0 aliphatic rings. The van der Waals surface area contributed by atoms with Crippen molar-refractivity contribution in [2.24, 2.45) is 0 Å². The second kappa shape index (κ2) is 8.93. The van der Waals surface area contributed by atoms with Crippen molar-refractivity contribution in [1.29, 1.82) is 0 Å². The van der Waals surface area contributed by atoms with Crippen LogP contribution in [0, 0.1) is 0 Å². The van der Waals surface area contributed by atoms with Gasteiger partial charge in [0.1, 0.15) is 10.5 Å². The van der Waals surface area contributed by atoms with Crippen LogP contribution in [0.5, 0.6) is 0 Å². The van der Waals surface area contributed by atoms with E-state index in [1.807, 2.05) is 23.6 Å². The minimum atomic E-state index is 0.933. The maximum absolute atomic E-state index is 5.10. The number of pyridine rings is 3. The Bertz CT molecular complexity index is 2790. The number of aromatic nitrogens is 4. The second-order valence-electron chi connectivity index (χ2n) is 11.3. The Kier molecular flexibility index (Phi) is 4.84. The van der Waals surface area contributed by atoms with Crippen molar-refractivity contribution in [2.45, 2.75) is 0 Å². The van der Waals surface area contributed by atoms with Gasteiger partial charge in [-0.2, -0.15) is 0 Å². The lowest BCUT2D eigenvalue weighted by Crippen LogP contribution is -1.89. The van der Waals surface area contributed by atoms with Gasteiger partial charge in [-0.3, -0.25) is 9.38 Å². The maximum Gasteiger partial charge on any atom is 0.147 e. The molecule has 0 radical (unpaired) electrons. The quantitative estimate of drug-likeness (QED) is 0.192. The fraction of sp³-hybridized carbons (Fsp3) is 0. The van der Waals surface area contributed by atoms with Crippen molar-refractivity contribution in [3.8, 4) is 22.4 Å². The third kappa shape index (κ3) is 3.36. The number of imidazole rings is 1. The molecule has 204 valence electrons. The highest BCUT2D eigenvalue weighted by Gasteiger charge is 2.18. The van der Waals surface area contributed by atoms with Gasteiger partial charge < -0.3 is 0 Å². The van der Waals surface area contributed by atoms with Crippen LogP contribution in [-0.4, -0.2) is 19.4 Å². The fourth-order valence-corrected chi connectivity index (χ4v) is 7.95. The van der Waals surface area contributed by atoms with Gasteiger partial charge in [0.25, 0.3) is 0 Å². The number of hydrogen-bond donors (Lipinski definition) is 0. The van der Waals surface area contributed by atoms with Gasteiger partial charge in [-0.25, -0.2) is 9.97 Å². The number of hydrogen-bond acceptors (Lipinski definition) is 4. The van der Waals surface area contributed by atoms with Crippen molar-refractivity contribution >= 4 is 80.9 Å². The molecule has 10 rings (SSSR count). The van der Waals surface area contributed by atoms with Gasteiger partial charge in [0, 0.05) is 43.4 Å².